The Balaban J connectivity index is 3.29. The predicted octanol–water partition coefficient (Wildman–Crippen LogP) is -0.152. The molecule has 0 atom stereocenters. The highest BCUT2D eigenvalue weighted by Crippen LogP contribution is 1.74. The van der Waals surface area contributed by atoms with Crippen LogP contribution >= 0.6 is 0 Å². The van der Waals surface area contributed by atoms with Gasteiger partial charge in [-0.15, -0.1) is 5.10 Å². The van der Waals surface area contributed by atoms with Gasteiger partial charge in [-0.2, -0.15) is 5.10 Å². The molecule has 0 aromatic rings. The van der Waals surface area contributed by atoms with Crippen LogP contribution in [0.25, 0.3) is 0 Å². The molecule has 0 aromatic carbocycles. The summed E-state index contributed by atoms with van der Waals surface area (Å²) in [4.78, 5) is 4.80. The average molecular weight is 144 g/mol. The van der Waals surface area contributed by atoms with Gasteiger partial charge in [0.25, 0.3) is 0 Å². The Kier molecular flexibility index (Phi) is 5.36. The van der Waals surface area contributed by atoms with Crippen molar-refractivity contribution in [1.82, 2.24) is 5.48 Å². The normalized spacial score (nSPS) is 11.1. The molecule has 0 spiro atoms. The highest BCUT2D eigenvalue weighted by molar-refractivity contribution is 5.76. The lowest BCUT2D eigenvalue weighted by Crippen LogP contribution is -2.31. The SMILES string of the molecule is C=N/N=C(\N)NOCCC. The van der Waals surface area contributed by atoms with Crippen LogP contribution in [0.1, 0.15) is 13.3 Å². The summed E-state index contributed by atoms with van der Waals surface area (Å²) in [7, 11) is 0. The topological polar surface area (TPSA) is 72.0 Å². The Morgan fingerprint density at radius 1 is 1.80 bits per heavy atom. The highest BCUT2D eigenvalue weighted by Gasteiger charge is 1.86. The maximum atomic E-state index is 5.21. The van der Waals surface area contributed by atoms with Gasteiger partial charge in [-0.1, -0.05) is 6.92 Å². The molecule has 0 rings (SSSR count). The largest absolute Gasteiger partial charge is 0.367 e. The fourth-order valence-corrected chi connectivity index (χ4v) is 0.324. The van der Waals surface area contributed by atoms with Crippen LogP contribution in [0.3, 0.4) is 0 Å². The summed E-state index contributed by atoms with van der Waals surface area (Å²) in [6.07, 6.45) is 0.918. The molecule has 0 heterocycles. The van der Waals surface area contributed by atoms with Crippen molar-refractivity contribution in [2.75, 3.05) is 6.61 Å². The summed E-state index contributed by atoms with van der Waals surface area (Å²) < 4.78 is 0. The molecule has 0 radical (unpaired) electrons. The minimum Gasteiger partial charge on any atom is -0.367 e. The number of hydroxylamine groups is 1. The van der Waals surface area contributed by atoms with E-state index in [0.29, 0.717) is 6.61 Å². The molecule has 5 nitrogen and oxygen atoms in total. The second-order valence-corrected chi connectivity index (χ2v) is 1.58. The van der Waals surface area contributed by atoms with E-state index in [9.17, 15) is 0 Å². The number of hydrogen-bond donors (Lipinski definition) is 2. The number of nitrogens with zero attached hydrogens (tertiary/aromatic N) is 2. The third-order valence-corrected chi connectivity index (χ3v) is 0.661. The molecule has 0 aromatic heterocycles. The van der Waals surface area contributed by atoms with Gasteiger partial charge in [-0.25, -0.2) is 5.48 Å². The maximum Gasteiger partial charge on any atom is 0.237 e. The Morgan fingerprint density at radius 3 is 3.00 bits per heavy atom. The Labute approximate surface area is 59.9 Å². The van der Waals surface area contributed by atoms with Gasteiger partial charge < -0.3 is 5.73 Å². The molecule has 0 aliphatic rings. The van der Waals surface area contributed by atoms with Gasteiger partial charge in [0.05, 0.1) is 6.61 Å². The van der Waals surface area contributed by atoms with E-state index in [4.69, 9.17) is 10.6 Å². The van der Waals surface area contributed by atoms with E-state index >= 15 is 0 Å². The monoisotopic (exact) mass is 144 g/mol. The first-order valence-electron chi connectivity index (χ1n) is 2.98. The van der Waals surface area contributed by atoms with Crippen LogP contribution in [0.5, 0.6) is 0 Å². The first-order chi connectivity index (χ1) is 4.81. The third kappa shape index (κ3) is 5.04. The van der Waals surface area contributed by atoms with E-state index in [2.05, 4.69) is 22.4 Å². The van der Waals surface area contributed by atoms with Gasteiger partial charge in [0.1, 0.15) is 0 Å². The molecule has 58 valence electrons. The smallest absolute Gasteiger partial charge is 0.237 e. The molecule has 0 saturated heterocycles. The Bertz CT molecular complexity index is 123. The number of nitrogens with two attached hydrogens (primary N) is 1. The molecule has 10 heavy (non-hydrogen) atoms. The maximum absolute atomic E-state index is 5.21. The minimum absolute atomic E-state index is 0.114. The number of guanidine groups is 1. The van der Waals surface area contributed by atoms with Crippen molar-refractivity contribution in [3.05, 3.63) is 0 Å². The van der Waals surface area contributed by atoms with Crippen molar-refractivity contribution in [2.45, 2.75) is 13.3 Å². The summed E-state index contributed by atoms with van der Waals surface area (Å²) in [5.41, 5.74) is 7.58. The van der Waals surface area contributed by atoms with Crippen molar-refractivity contribution in [2.24, 2.45) is 15.9 Å². The van der Waals surface area contributed by atoms with Crippen LogP contribution in [0.4, 0.5) is 0 Å². The standard InChI is InChI=1S/C5H12N4O/c1-3-4-10-9-5(6)8-7-2/h2-4H2,1H3,(H3,6,8,9). The van der Waals surface area contributed by atoms with Gasteiger partial charge in [0.15, 0.2) is 0 Å². The molecule has 0 amide bonds. The summed E-state index contributed by atoms with van der Waals surface area (Å²) in [6.45, 7) is 5.69. The number of nitrogens with one attached hydrogen (secondary N) is 1. The van der Waals surface area contributed by atoms with Crippen LogP contribution in [-0.2, 0) is 4.84 Å². The van der Waals surface area contributed by atoms with Crippen molar-refractivity contribution < 1.29 is 4.84 Å². The van der Waals surface area contributed by atoms with E-state index in [1.54, 1.807) is 0 Å². The lowest BCUT2D eigenvalue weighted by Gasteiger charge is -2.01. The van der Waals surface area contributed by atoms with Crippen molar-refractivity contribution >= 4 is 12.7 Å². The fourth-order valence-electron chi connectivity index (χ4n) is 0.324. The summed E-state index contributed by atoms with van der Waals surface area (Å²) in [5.74, 6) is 0.114. The van der Waals surface area contributed by atoms with E-state index < -0.39 is 0 Å². The minimum atomic E-state index is 0.114. The van der Waals surface area contributed by atoms with E-state index in [1.165, 1.54) is 0 Å². The number of rotatable bonds is 4. The van der Waals surface area contributed by atoms with Gasteiger partial charge in [0, 0.05) is 6.72 Å². The van der Waals surface area contributed by atoms with Crippen LogP contribution in [0.15, 0.2) is 10.2 Å². The zero-order chi connectivity index (χ0) is 7.82. The average Bonchev–Trinajstić information content (AvgIpc) is 1.89. The van der Waals surface area contributed by atoms with Gasteiger partial charge in [-0.3, -0.25) is 4.84 Å². The molecule has 0 fully saturated rings. The third-order valence-electron chi connectivity index (χ3n) is 0.661. The van der Waals surface area contributed by atoms with E-state index in [-0.39, 0.29) is 5.96 Å². The van der Waals surface area contributed by atoms with Crippen molar-refractivity contribution in [3.63, 3.8) is 0 Å². The highest BCUT2D eigenvalue weighted by atomic mass is 16.6. The van der Waals surface area contributed by atoms with Gasteiger partial charge >= 0.3 is 0 Å². The Hall–Kier alpha value is -1.10. The molecule has 0 aliphatic carbocycles. The molecular weight excluding hydrogens is 132 g/mol. The first kappa shape index (κ1) is 8.90. The van der Waals surface area contributed by atoms with E-state index in [1.807, 2.05) is 6.92 Å². The van der Waals surface area contributed by atoms with Gasteiger partial charge in [-0.05, 0) is 6.42 Å². The molecule has 0 saturated carbocycles. The lowest BCUT2D eigenvalue weighted by molar-refractivity contribution is 0.0845. The molecule has 5 heteroatoms. The van der Waals surface area contributed by atoms with Gasteiger partial charge in [0.2, 0.25) is 5.96 Å². The Morgan fingerprint density at radius 2 is 2.50 bits per heavy atom. The van der Waals surface area contributed by atoms with Crippen LogP contribution in [-0.4, -0.2) is 19.3 Å². The summed E-state index contributed by atoms with van der Waals surface area (Å²) >= 11 is 0. The van der Waals surface area contributed by atoms with Crippen LogP contribution in [0.2, 0.25) is 0 Å². The second kappa shape index (κ2) is 6.03. The van der Waals surface area contributed by atoms with Crippen molar-refractivity contribution in [3.8, 4) is 0 Å². The lowest BCUT2D eigenvalue weighted by atomic mass is 10.5. The molecule has 0 unspecified atom stereocenters. The summed E-state index contributed by atoms with van der Waals surface area (Å²) in [6, 6.07) is 0. The molecule has 0 aliphatic heterocycles. The van der Waals surface area contributed by atoms with Crippen LogP contribution < -0.4 is 11.2 Å². The molecular formula is C5H12N4O. The zero-order valence-electron chi connectivity index (χ0n) is 6.00. The molecule has 0 bridgehead atoms. The first-order valence-corrected chi connectivity index (χ1v) is 2.98. The van der Waals surface area contributed by atoms with E-state index in [0.717, 1.165) is 6.42 Å². The second-order valence-electron chi connectivity index (χ2n) is 1.58. The van der Waals surface area contributed by atoms with Crippen LogP contribution in [0, 0.1) is 0 Å². The van der Waals surface area contributed by atoms with Crippen molar-refractivity contribution in [1.29, 1.82) is 0 Å². The fraction of sp³-hybridized carbons (Fsp3) is 0.600. The number of hydrogen-bond acceptors (Lipinski definition) is 3. The summed E-state index contributed by atoms with van der Waals surface area (Å²) in [5, 5.41) is 6.55. The predicted molar refractivity (Wildman–Crippen MR) is 40.6 cm³/mol. The molecule has 3 N–H and O–H groups in total. The zero-order valence-corrected chi connectivity index (χ0v) is 6.00. The quantitative estimate of drug-likeness (QED) is 0.249.